The molecule has 0 bridgehead atoms. The van der Waals surface area contributed by atoms with Gasteiger partial charge in [-0.3, -0.25) is 9.59 Å². The zero-order valence-electron chi connectivity index (χ0n) is 25.7. The summed E-state index contributed by atoms with van der Waals surface area (Å²) >= 11 is 0. The second-order valence-corrected chi connectivity index (χ2v) is 12.5. The molecule has 3 aromatic rings. The Morgan fingerprint density at radius 1 is 0.951 bits per heavy atom. The van der Waals surface area contributed by atoms with Crippen LogP contribution in [0.2, 0.25) is 0 Å². The molecule has 7 heteroatoms. The van der Waals surface area contributed by atoms with Crippen molar-refractivity contribution in [2.45, 2.75) is 92.2 Å². The van der Waals surface area contributed by atoms with Gasteiger partial charge in [-0.15, -0.1) is 0 Å². The third-order valence-electron chi connectivity index (χ3n) is 8.13. The van der Waals surface area contributed by atoms with Crippen LogP contribution in [0.3, 0.4) is 0 Å². The summed E-state index contributed by atoms with van der Waals surface area (Å²) in [6.07, 6.45) is 8.14. The van der Waals surface area contributed by atoms with Crippen molar-refractivity contribution in [3.05, 3.63) is 53.6 Å². The maximum Gasteiger partial charge on any atom is 0.253 e. The van der Waals surface area contributed by atoms with Gasteiger partial charge in [0.1, 0.15) is 0 Å². The van der Waals surface area contributed by atoms with Crippen molar-refractivity contribution in [3.8, 4) is 0 Å². The standard InChI is InChI=1S/C34H49N5O2/c1-24(2)17-21-38(22-18-25(3)4)33(41)28-13-16-31-32(23-28)39(20-8-19-35-29-9-6-7-10-29)34(37-31)36-30-14-11-27(12-15-30)26(5)40/h11-16,23-25,29,35H,6-10,17-22H2,1-5H3,(H,36,37). The predicted octanol–water partition coefficient (Wildman–Crippen LogP) is 7.44. The van der Waals surface area contributed by atoms with Gasteiger partial charge in [-0.1, -0.05) is 40.5 Å². The third kappa shape index (κ3) is 8.65. The SMILES string of the molecule is CC(=O)c1ccc(Nc2nc3ccc(C(=O)N(CCC(C)C)CCC(C)C)cc3n2CCCNC2CCCC2)cc1. The number of nitrogens with zero attached hydrogens (tertiary/aromatic N) is 3. The van der Waals surface area contributed by atoms with E-state index in [1.807, 2.05) is 47.4 Å². The molecule has 2 N–H and O–H groups in total. The molecule has 0 radical (unpaired) electrons. The van der Waals surface area contributed by atoms with E-state index >= 15 is 0 Å². The predicted molar refractivity (Wildman–Crippen MR) is 169 cm³/mol. The lowest BCUT2D eigenvalue weighted by molar-refractivity contribution is 0.0740. The number of aromatic nitrogens is 2. The Bertz CT molecular complexity index is 1280. The highest BCUT2D eigenvalue weighted by Crippen LogP contribution is 2.26. The summed E-state index contributed by atoms with van der Waals surface area (Å²) in [6.45, 7) is 13.7. The van der Waals surface area contributed by atoms with E-state index in [1.165, 1.54) is 25.7 Å². The van der Waals surface area contributed by atoms with E-state index in [0.717, 1.165) is 68.1 Å². The highest BCUT2D eigenvalue weighted by atomic mass is 16.2. The number of fused-ring (bicyclic) bond motifs is 1. The lowest BCUT2D eigenvalue weighted by atomic mass is 10.1. The van der Waals surface area contributed by atoms with Gasteiger partial charge in [0.05, 0.1) is 11.0 Å². The van der Waals surface area contributed by atoms with Crippen LogP contribution in [0.1, 0.15) is 100 Å². The normalized spacial score (nSPS) is 13.9. The fraction of sp³-hybridized carbons (Fsp3) is 0.559. The van der Waals surface area contributed by atoms with Gasteiger partial charge in [0.15, 0.2) is 5.78 Å². The molecule has 0 spiro atoms. The summed E-state index contributed by atoms with van der Waals surface area (Å²) in [7, 11) is 0. The third-order valence-corrected chi connectivity index (χ3v) is 8.13. The van der Waals surface area contributed by atoms with Gasteiger partial charge in [0.25, 0.3) is 5.91 Å². The smallest absolute Gasteiger partial charge is 0.253 e. The first-order chi connectivity index (χ1) is 19.7. The molecular weight excluding hydrogens is 510 g/mol. The fourth-order valence-corrected chi connectivity index (χ4v) is 5.49. The van der Waals surface area contributed by atoms with E-state index in [9.17, 15) is 9.59 Å². The number of carbonyl (C=O) groups is 2. The van der Waals surface area contributed by atoms with Crippen molar-refractivity contribution in [2.75, 3.05) is 25.0 Å². The summed E-state index contributed by atoms with van der Waals surface area (Å²) in [4.78, 5) is 32.5. The van der Waals surface area contributed by atoms with Gasteiger partial charge in [-0.25, -0.2) is 4.98 Å². The second-order valence-electron chi connectivity index (χ2n) is 12.5. The Morgan fingerprint density at radius 3 is 2.20 bits per heavy atom. The summed E-state index contributed by atoms with van der Waals surface area (Å²) < 4.78 is 2.20. The molecule has 1 heterocycles. The highest BCUT2D eigenvalue weighted by molar-refractivity contribution is 5.98. The lowest BCUT2D eigenvalue weighted by Gasteiger charge is -2.24. The number of nitrogens with one attached hydrogen (secondary N) is 2. The number of benzene rings is 2. The van der Waals surface area contributed by atoms with Gasteiger partial charge in [-0.05, 0) is 99.9 Å². The first kappa shape index (κ1) is 30.8. The summed E-state index contributed by atoms with van der Waals surface area (Å²) in [6, 6.07) is 14.1. The Kier molecular flexibility index (Phi) is 11.0. The fourth-order valence-electron chi connectivity index (χ4n) is 5.49. The Balaban J connectivity index is 1.60. The van der Waals surface area contributed by atoms with E-state index in [4.69, 9.17) is 4.98 Å². The van der Waals surface area contributed by atoms with E-state index in [1.54, 1.807) is 6.92 Å². The van der Waals surface area contributed by atoms with Crippen LogP contribution in [0.4, 0.5) is 11.6 Å². The van der Waals surface area contributed by atoms with Crippen molar-refractivity contribution in [1.29, 1.82) is 0 Å². The largest absolute Gasteiger partial charge is 0.339 e. The molecule has 1 aromatic heterocycles. The molecule has 7 nitrogen and oxygen atoms in total. The topological polar surface area (TPSA) is 79.3 Å². The monoisotopic (exact) mass is 559 g/mol. The maximum absolute atomic E-state index is 13.8. The van der Waals surface area contributed by atoms with Crippen LogP contribution in [-0.2, 0) is 6.54 Å². The quantitative estimate of drug-likeness (QED) is 0.149. The van der Waals surface area contributed by atoms with E-state index < -0.39 is 0 Å². The minimum Gasteiger partial charge on any atom is -0.339 e. The van der Waals surface area contributed by atoms with Gasteiger partial charge in [-0.2, -0.15) is 0 Å². The molecule has 222 valence electrons. The first-order valence-electron chi connectivity index (χ1n) is 15.6. The van der Waals surface area contributed by atoms with Gasteiger partial charge >= 0.3 is 0 Å². The molecule has 2 aromatic carbocycles. The summed E-state index contributed by atoms with van der Waals surface area (Å²) in [5.74, 6) is 1.98. The first-order valence-corrected chi connectivity index (χ1v) is 15.6. The van der Waals surface area contributed by atoms with E-state index in [-0.39, 0.29) is 11.7 Å². The van der Waals surface area contributed by atoms with Crippen LogP contribution in [-0.4, -0.2) is 51.8 Å². The van der Waals surface area contributed by atoms with E-state index in [2.05, 4.69) is 42.9 Å². The second kappa shape index (κ2) is 14.6. The molecule has 1 fully saturated rings. The molecule has 1 aliphatic carbocycles. The lowest BCUT2D eigenvalue weighted by Crippen LogP contribution is -2.34. The van der Waals surface area contributed by atoms with Crippen molar-refractivity contribution >= 4 is 34.4 Å². The van der Waals surface area contributed by atoms with Crippen LogP contribution in [0.25, 0.3) is 11.0 Å². The minimum absolute atomic E-state index is 0.0478. The Labute approximate surface area is 246 Å². The molecular formula is C34H49N5O2. The molecule has 1 amide bonds. The summed E-state index contributed by atoms with van der Waals surface area (Å²) in [5, 5.41) is 7.19. The molecule has 0 atom stereocenters. The maximum atomic E-state index is 13.8. The number of hydrogen-bond acceptors (Lipinski definition) is 5. The number of Topliss-reactive ketones (excluding diaryl/α,β-unsaturated/α-hetero) is 1. The zero-order chi connectivity index (χ0) is 29.4. The molecule has 0 saturated heterocycles. The molecule has 41 heavy (non-hydrogen) atoms. The average Bonchev–Trinajstić information content (AvgIpc) is 3.58. The van der Waals surface area contributed by atoms with Crippen molar-refractivity contribution < 1.29 is 9.59 Å². The highest BCUT2D eigenvalue weighted by Gasteiger charge is 2.20. The van der Waals surface area contributed by atoms with Gasteiger partial charge in [0, 0.05) is 42.5 Å². The van der Waals surface area contributed by atoms with Crippen LogP contribution >= 0.6 is 0 Å². The summed E-state index contributed by atoms with van der Waals surface area (Å²) in [5.41, 5.74) is 4.11. The Morgan fingerprint density at radius 2 is 1.59 bits per heavy atom. The number of rotatable bonds is 15. The number of aryl methyl sites for hydroxylation is 1. The number of imidazole rings is 1. The van der Waals surface area contributed by atoms with Crippen molar-refractivity contribution in [3.63, 3.8) is 0 Å². The zero-order valence-corrected chi connectivity index (χ0v) is 25.7. The average molecular weight is 560 g/mol. The van der Waals surface area contributed by atoms with Crippen molar-refractivity contribution in [2.24, 2.45) is 11.8 Å². The minimum atomic E-state index is 0.0478. The van der Waals surface area contributed by atoms with Crippen molar-refractivity contribution in [1.82, 2.24) is 19.8 Å². The molecule has 0 aliphatic heterocycles. The van der Waals surface area contributed by atoms with E-state index in [0.29, 0.717) is 29.0 Å². The van der Waals surface area contributed by atoms with Gasteiger partial charge < -0.3 is 20.1 Å². The van der Waals surface area contributed by atoms with Crippen LogP contribution in [0.5, 0.6) is 0 Å². The number of hydrogen-bond donors (Lipinski definition) is 2. The number of amides is 1. The van der Waals surface area contributed by atoms with Crippen LogP contribution < -0.4 is 10.6 Å². The molecule has 0 unspecified atom stereocenters. The number of carbonyl (C=O) groups excluding carboxylic acids is 2. The molecule has 4 rings (SSSR count). The molecule has 1 saturated carbocycles. The van der Waals surface area contributed by atoms with Crippen LogP contribution in [0.15, 0.2) is 42.5 Å². The Hall–Kier alpha value is -3.19. The van der Waals surface area contributed by atoms with Crippen LogP contribution in [0, 0.1) is 11.8 Å². The van der Waals surface area contributed by atoms with Gasteiger partial charge in [0.2, 0.25) is 5.95 Å². The number of anilines is 2. The molecule has 1 aliphatic rings. The number of ketones is 1.